The molecule has 0 aliphatic carbocycles. The smallest absolute Gasteiger partial charge is 0.244 e. The molecule has 2 aromatic rings. The van der Waals surface area contributed by atoms with Crippen LogP contribution in [-0.2, 0) is 14.8 Å². The summed E-state index contributed by atoms with van der Waals surface area (Å²) >= 11 is 0. The third-order valence-electron chi connectivity index (χ3n) is 6.10. The largest absolute Gasteiger partial charge is 0.496 e. The highest BCUT2D eigenvalue weighted by Gasteiger charge is 2.24. The topological polar surface area (TPSA) is 78.9 Å². The number of rotatable bonds is 9. The first-order valence-corrected chi connectivity index (χ1v) is 13.1. The van der Waals surface area contributed by atoms with Crippen LogP contribution in [0.3, 0.4) is 0 Å². The summed E-state index contributed by atoms with van der Waals surface area (Å²) in [4.78, 5) is 14.8. The zero-order valence-electron chi connectivity index (χ0n) is 20.2. The van der Waals surface area contributed by atoms with Crippen molar-refractivity contribution >= 4 is 22.0 Å². The van der Waals surface area contributed by atoms with Gasteiger partial charge >= 0.3 is 0 Å². The van der Waals surface area contributed by atoms with Crippen LogP contribution in [0.5, 0.6) is 5.75 Å². The maximum Gasteiger partial charge on any atom is 0.244 e. The van der Waals surface area contributed by atoms with E-state index < -0.39 is 10.0 Å². The summed E-state index contributed by atoms with van der Waals surface area (Å²) in [5.74, 6) is 0.559. The van der Waals surface area contributed by atoms with Crippen molar-refractivity contribution < 1.29 is 17.9 Å². The summed E-state index contributed by atoms with van der Waals surface area (Å²) in [7, 11) is 2.08. The normalized spacial score (nSPS) is 16.4. The molecule has 1 saturated heterocycles. The second kappa shape index (κ2) is 12.1. The van der Waals surface area contributed by atoms with E-state index in [1.54, 1.807) is 41.8 Å². The first-order valence-electron chi connectivity index (χ1n) is 11.7. The van der Waals surface area contributed by atoms with Crippen LogP contribution < -0.4 is 10.1 Å². The molecule has 0 radical (unpaired) electrons. The number of nitrogens with one attached hydrogen (secondary N) is 1. The van der Waals surface area contributed by atoms with E-state index in [1.165, 1.54) is 6.08 Å². The third kappa shape index (κ3) is 6.68. The lowest BCUT2D eigenvalue weighted by molar-refractivity contribution is -0.116. The fraction of sp³-hybridized carbons (Fsp3) is 0.423. The van der Waals surface area contributed by atoms with E-state index in [0.29, 0.717) is 24.5 Å². The van der Waals surface area contributed by atoms with Gasteiger partial charge in [-0.25, -0.2) is 8.42 Å². The van der Waals surface area contributed by atoms with E-state index in [2.05, 4.69) is 5.32 Å². The molecular weight excluding hydrogens is 450 g/mol. The number of likely N-dealkylation sites (N-methyl/N-ethyl adjacent to an activating group) is 1. The molecule has 1 aliphatic rings. The highest BCUT2D eigenvalue weighted by atomic mass is 32.2. The van der Waals surface area contributed by atoms with Crippen molar-refractivity contribution in [3.63, 3.8) is 0 Å². The second-order valence-corrected chi connectivity index (χ2v) is 10.6. The predicted molar refractivity (Wildman–Crippen MR) is 135 cm³/mol. The average molecular weight is 486 g/mol. The highest BCUT2D eigenvalue weighted by Crippen LogP contribution is 2.27. The summed E-state index contributed by atoms with van der Waals surface area (Å²) < 4.78 is 32.9. The van der Waals surface area contributed by atoms with E-state index >= 15 is 0 Å². The fourth-order valence-corrected chi connectivity index (χ4v) is 5.64. The van der Waals surface area contributed by atoms with Crippen molar-refractivity contribution in [2.24, 2.45) is 0 Å². The molecule has 3 rings (SSSR count). The highest BCUT2D eigenvalue weighted by molar-refractivity contribution is 7.89. The average Bonchev–Trinajstić information content (AvgIpc) is 3.13. The minimum atomic E-state index is -3.48. The van der Waals surface area contributed by atoms with Gasteiger partial charge in [0.15, 0.2) is 0 Å². The molecule has 1 amide bonds. The van der Waals surface area contributed by atoms with Crippen molar-refractivity contribution in [3.8, 4) is 5.75 Å². The van der Waals surface area contributed by atoms with Crippen LogP contribution >= 0.6 is 0 Å². The van der Waals surface area contributed by atoms with Gasteiger partial charge in [-0.1, -0.05) is 43.2 Å². The Kier molecular flexibility index (Phi) is 9.27. The molecule has 34 heavy (non-hydrogen) atoms. The minimum Gasteiger partial charge on any atom is -0.496 e. The molecule has 1 heterocycles. The number of carbonyl (C=O) groups excluding carboxylic acids is 1. The maximum atomic E-state index is 12.9. The Balaban J connectivity index is 1.61. The second-order valence-electron chi connectivity index (χ2n) is 8.69. The molecule has 1 atom stereocenters. The third-order valence-corrected chi connectivity index (χ3v) is 8.01. The van der Waals surface area contributed by atoms with Crippen LogP contribution in [0.2, 0.25) is 0 Å². The van der Waals surface area contributed by atoms with Gasteiger partial charge in [-0.3, -0.25) is 4.79 Å². The van der Waals surface area contributed by atoms with Gasteiger partial charge in [0.05, 0.1) is 18.0 Å². The number of methoxy groups -OCH3 is 1. The minimum absolute atomic E-state index is 0.0445. The Morgan fingerprint density at radius 2 is 1.71 bits per heavy atom. The van der Waals surface area contributed by atoms with Crippen molar-refractivity contribution in [1.82, 2.24) is 14.5 Å². The van der Waals surface area contributed by atoms with Gasteiger partial charge in [0.1, 0.15) is 5.75 Å². The van der Waals surface area contributed by atoms with Gasteiger partial charge in [-0.15, -0.1) is 0 Å². The Morgan fingerprint density at radius 1 is 1.06 bits per heavy atom. The maximum absolute atomic E-state index is 12.9. The van der Waals surface area contributed by atoms with Crippen molar-refractivity contribution in [3.05, 3.63) is 65.7 Å². The molecule has 1 N–H and O–H groups in total. The van der Waals surface area contributed by atoms with Gasteiger partial charge in [-0.05, 0) is 56.8 Å². The molecule has 184 valence electrons. The molecule has 0 spiro atoms. The Bertz CT molecular complexity index is 1070. The zero-order valence-corrected chi connectivity index (χ0v) is 21.1. The van der Waals surface area contributed by atoms with Gasteiger partial charge in [0.25, 0.3) is 0 Å². The number of hydrogen-bond acceptors (Lipinski definition) is 5. The van der Waals surface area contributed by atoms with Gasteiger partial charge in [0, 0.05) is 31.3 Å². The van der Waals surface area contributed by atoms with E-state index in [9.17, 15) is 13.2 Å². The molecule has 7 nitrogen and oxygen atoms in total. The van der Waals surface area contributed by atoms with Gasteiger partial charge < -0.3 is 15.0 Å². The molecule has 1 fully saturated rings. The van der Waals surface area contributed by atoms with E-state index in [4.69, 9.17) is 4.74 Å². The lowest BCUT2D eigenvalue weighted by Gasteiger charge is -2.26. The van der Waals surface area contributed by atoms with Crippen LogP contribution in [0.4, 0.5) is 0 Å². The molecule has 8 heteroatoms. The molecule has 1 aliphatic heterocycles. The van der Waals surface area contributed by atoms with E-state index in [1.807, 2.05) is 43.3 Å². The Morgan fingerprint density at radius 3 is 2.32 bits per heavy atom. The number of carbonyl (C=O) groups is 1. The van der Waals surface area contributed by atoms with Crippen LogP contribution in [0, 0.1) is 0 Å². The van der Waals surface area contributed by atoms with Crippen LogP contribution in [0.1, 0.15) is 42.9 Å². The molecule has 0 aromatic heterocycles. The number of nitrogens with zero attached hydrogens (tertiary/aromatic N) is 2. The Hall–Kier alpha value is -2.68. The summed E-state index contributed by atoms with van der Waals surface area (Å²) in [5.41, 5.74) is 1.76. The summed E-state index contributed by atoms with van der Waals surface area (Å²) in [6, 6.07) is 14.4. The molecule has 2 aromatic carbocycles. The summed E-state index contributed by atoms with van der Waals surface area (Å²) in [6.45, 7) is 1.57. The van der Waals surface area contributed by atoms with Gasteiger partial charge in [-0.2, -0.15) is 4.31 Å². The molecule has 0 saturated carbocycles. The SMILES string of the molecule is COc1ccccc1C(CNC(=O)/C=C/c1ccc(S(=O)(=O)N2CCCCCC2)cc1)N(C)C. The predicted octanol–water partition coefficient (Wildman–Crippen LogP) is 3.69. The van der Waals surface area contributed by atoms with Crippen molar-refractivity contribution in [1.29, 1.82) is 0 Å². The number of hydrogen-bond donors (Lipinski definition) is 1. The van der Waals surface area contributed by atoms with Crippen LogP contribution in [-0.4, -0.2) is 64.4 Å². The number of para-hydroxylation sites is 1. The quantitative estimate of drug-likeness (QED) is 0.548. The standard InChI is InChI=1S/C26H35N3O4S/c1-28(2)24(23-10-6-7-11-25(23)33-3)20-27-26(30)17-14-21-12-15-22(16-13-21)34(31,32)29-18-8-4-5-9-19-29/h6-7,10-17,24H,4-5,8-9,18-20H2,1-3H3,(H,27,30)/b17-14+. The van der Waals surface area contributed by atoms with Crippen LogP contribution in [0.25, 0.3) is 6.08 Å². The van der Waals surface area contributed by atoms with Crippen molar-refractivity contribution in [2.75, 3.05) is 40.8 Å². The molecule has 0 bridgehead atoms. The monoisotopic (exact) mass is 485 g/mol. The molecular formula is C26H35N3O4S. The summed E-state index contributed by atoms with van der Waals surface area (Å²) in [6.07, 6.45) is 7.11. The first-order chi connectivity index (χ1) is 16.3. The number of ether oxygens (including phenoxy) is 1. The van der Waals surface area contributed by atoms with E-state index in [-0.39, 0.29) is 11.9 Å². The molecule has 1 unspecified atom stereocenters. The Labute approximate surface area is 203 Å². The van der Waals surface area contributed by atoms with E-state index in [0.717, 1.165) is 42.6 Å². The number of amides is 1. The first kappa shape index (κ1) is 25.9. The lowest BCUT2D eigenvalue weighted by atomic mass is 10.0. The summed E-state index contributed by atoms with van der Waals surface area (Å²) in [5, 5.41) is 2.94. The van der Waals surface area contributed by atoms with Crippen molar-refractivity contribution in [2.45, 2.75) is 36.6 Å². The zero-order chi connectivity index (χ0) is 24.6. The number of sulfonamides is 1. The number of benzene rings is 2. The fourth-order valence-electron chi connectivity index (χ4n) is 4.12. The van der Waals surface area contributed by atoms with Gasteiger partial charge in [0.2, 0.25) is 15.9 Å². The lowest BCUT2D eigenvalue weighted by Crippen LogP contribution is -2.34. The van der Waals surface area contributed by atoms with Crippen LogP contribution in [0.15, 0.2) is 59.5 Å².